The molecular formula is C14H20ClFN2O2. The van der Waals surface area contributed by atoms with Gasteiger partial charge >= 0.3 is 0 Å². The zero-order valence-corrected chi connectivity index (χ0v) is 12.4. The van der Waals surface area contributed by atoms with Crippen LogP contribution in [0.3, 0.4) is 0 Å². The predicted octanol–water partition coefficient (Wildman–Crippen LogP) is 2.45. The van der Waals surface area contributed by atoms with Crippen LogP contribution in [-0.2, 0) is 4.79 Å². The number of halogens is 2. The van der Waals surface area contributed by atoms with Gasteiger partial charge in [0.05, 0.1) is 12.6 Å². The highest BCUT2D eigenvalue weighted by atomic mass is 35.5. The number of anilines is 1. The third-order valence-corrected chi connectivity index (χ3v) is 3.16. The van der Waals surface area contributed by atoms with Gasteiger partial charge in [-0.15, -0.1) is 12.4 Å². The fourth-order valence-electron chi connectivity index (χ4n) is 2.14. The van der Waals surface area contributed by atoms with E-state index in [1.54, 1.807) is 6.07 Å². The average molecular weight is 303 g/mol. The van der Waals surface area contributed by atoms with E-state index in [2.05, 4.69) is 10.6 Å². The molecule has 1 aliphatic heterocycles. The lowest BCUT2D eigenvalue weighted by atomic mass is 10.1. The van der Waals surface area contributed by atoms with Crippen LogP contribution < -0.4 is 15.4 Å². The van der Waals surface area contributed by atoms with Gasteiger partial charge in [0.25, 0.3) is 0 Å². The van der Waals surface area contributed by atoms with Crippen molar-refractivity contribution in [3.8, 4) is 5.75 Å². The Kier molecular flexibility index (Phi) is 6.23. The van der Waals surface area contributed by atoms with Gasteiger partial charge in [-0.25, -0.2) is 4.39 Å². The monoisotopic (exact) mass is 302 g/mol. The molecule has 0 aliphatic carbocycles. The maximum atomic E-state index is 13.0. The fraction of sp³-hybridized carbons (Fsp3) is 0.500. The van der Waals surface area contributed by atoms with Crippen molar-refractivity contribution in [1.29, 1.82) is 0 Å². The van der Waals surface area contributed by atoms with E-state index in [9.17, 15) is 9.18 Å². The van der Waals surface area contributed by atoms with E-state index in [0.717, 1.165) is 17.0 Å². The van der Waals surface area contributed by atoms with Crippen molar-refractivity contribution in [2.45, 2.75) is 32.5 Å². The van der Waals surface area contributed by atoms with E-state index in [-0.39, 0.29) is 31.3 Å². The second-order valence-corrected chi connectivity index (χ2v) is 4.69. The first-order valence-corrected chi connectivity index (χ1v) is 6.52. The van der Waals surface area contributed by atoms with Crippen LogP contribution in [0.5, 0.6) is 5.75 Å². The molecule has 0 saturated carbocycles. The molecule has 0 radical (unpaired) electrons. The minimum absolute atomic E-state index is 0. The maximum absolute atomic E-state index is 13.0. The number of carbonyl (C=O) groups excluding carboxylic acids is 1. The topological polar surface area (TPSA) is 50.4 Å². The number of hydrogen-bond donors (Lipinski definition) is 2. The van der Waals surface area contributed by atoms with Crippen molar-refractivity contribution in [1.82, 2.24) is 5.32 Å². The summed E-state index contributed by atoms with van der Waals surface area (Å²) in [6.07, 6.45) is -0.695. The standard InChI is InChI=1S/C14H19FN2O2.ClH/c1-3-19-11-4-5-12(9(2)6-11)17-14(18)13-7-10(15)8-16-13;/h4-6,10,13,16H,3,7-8H2,1-2H3,(H,17,18);1H/t10-,13+;/m0./s1. The van der Waals surface area contributed by atoms with Crippen molar-refractivity contribution in [3.05, 3.63) is 23.8 Å². The molecule has 112 valence electrons. The molecular weight excluding hydrogens is 283 g/mol. The molecule has 1 heterocycles. The Morgan fingerprint density at radius 1 is 1.55 bits per heavy atom. The van der Waals surface area contributed by atoms with E-state index in [1.807, 2.05) is 26.0 Å². The number of rotatable bonds is 4. The predicted molar refractivity (Wildman–Crippen MR) is 79.5 cm³/mol. The third kappa shape index (κ3) is 4.08. The summed E-state index contributed by atoms with van der Waals surface area (Å²) in [5.74, 6) is 0.591. The van der Waals surface area contributed by atoms with Crippen LogP contribution in [0.4, 0.5) is 10.1 Å². The molecule has 6 heteroatoms. The number of amides is 1. The Morgan fingerprint density at radius 2 is 2.30 bits per heavy atom. The number of alkyl halides is 1. The van der Waals surface area contributed by atoms with Gasteiger partial charge in [0.2, 0.25) is 5.91 Å². The molecule has 2 rings (SSSR count). The fourth-order valence-corrected chi connectivity index (χ4v) is 2.14. The Hall–Kier alpha value is -1.33. The number of hydrogen-bond acceptors (Lipinski definition) is 3. The van der Waals surface area contributed by atoms with Crippen LogP contribution in [0.2, 0.25) is 0 Å². The van der Waals surface area contributed by atoms with Gasteiger partial charge in [0.15, 0.2) is 0 Å². The highest BCUT2D eigenvalue weighted by molar-refractivity contribution is 5.95. The number of aryl methyl sites for hydroxylation is 1. The van der Waals surface area contributed by atoms with Gasteiger partial charge in [0.1, 0.15) is 11.9 Å². The molecule has 2 atom stereocenters. The van der Waals surface area contributed by atoms with Crippen LogP contribution in [0.1, 0.15) is 18.9 Å². The molecule has 0 unspecified atom stereocenters. The van der Waals surface area contributed by atoms with Gasteiger partial charge in [0, 0.05) is 18.7 Å². The Morgan fingerprint density at radius 3 is 2.85 bits per heavy atom. The molecule has 0 spiro atoms. The molecule has 4 nitrogen and oxygen atoms in total. The van der Waals surface area contributed by atoms with Gasteiger partial charge in [-0.2, -0.15) is 0 Å². The van der Waals surface area contributed by atoms with Crippen LogP contribution >= 0.6 is 12.4 Å². The minimum atomic E-state index is -0.933. The first-order chi connectivity index (χ1) is 9.10. The quantitative estimate of drug-likeness (QED) is 0.898. The van der Waals surface area contributed by atoms with Crippen LogP contribution in [0.25, 0.3) is 0 Å². The van der Waals surface area contributed by atoms with Crippen molar-refractivity contribution in [2.24, 2.45) is 0 Å². The van der Waals surface area contributed by atoms with E-state index in [4.69, 9.17) is 4.74 Å². The average Bonchev–Trinajstić information content (AvgIpc) is 2.80. The first kappa shape index (κ1) is 16.7. The molecule has 1 aromatic rings. The van der Waals surface area contributed by atoms with Crippen LogP contribution in [0, 0.1) is 6.92 Å². The Labute approximate surface area is 124 Å². The molecule has 0 bridgehead atoms. The van der Waals surface area contributed by atoms with Crippen LogP contribution in [-0.4, -0.2) is 31.3 Å². The molecule has 1 saturated heterocycles. The largest absolute Gasteiger partial charge is 0.494 e. The summed E-state index contributed by atoms with van der Waals surface area (Å²) in [6, 6.07) is 5.05. The zero-order valence-electron chi connectivity index (χ0n) is 11.6. The minimum Gasteiger partial charge on any atom is -0.494 e. The molecule has 20 heavy (non-hydrogen) atoms. The molecule has 2 N–H and O–H groups in total. The van der Waals surface area contributed by atoms with Gasteiger partial charge < -0.3 is 15.4 Å². The molecule has 1 aromatic carbocycles. The second kappa shape index (κ2) is 7.45. The molecule has 1 aliphatic rings. The summed E-state index contributed by atoms with van der Waals surface area (Å²) >= 11 is 0. The summed E-state index contributed by atoms with van der Waals surface area (Å²) in [6.45, 7) is 4.68. The number of carbonyl (C=O) groups is 1. The van der Waals surface area contributed by atoms with Crippen molar-refractivity contribution in [2.75, 3.05) is 18.5 Å². The third-order valence-electron chi connectivity index (χ3n) is 3.16. The highest BCUT2D eigenvalue weighted by Gasteiger charge is 2.29. The van der Waals surface area contributed by atoms with Crippen molar-refractivity contribution in [3.63, 3.8) is 0 Å². The Bertz CT molecular complexity index is 470. The normalized spacial score (nSPS) is 21.1. The van der Waals surface area contributed by atoms with Gasteiger partial charge in [-0.3, -0.25) is 4.79 Å². The lowest BCUT2D eigenvalue weighted by Gasteiger charge is -2.13. The van der Waals surface area contributed by atoms with Crippen molar-refractivity contribution >= 4 is 24.0 Å². The first-order valence-electron chi connectivity index (χ1n) is 6.52. The van der Waals surface area contributed by atoms with Gasteiger partial charge in [-0.1, -0.05) is 0 Å². The van der Waals surface area contributed by atoms with Crippen molar-refractivity contribution < 1.29 is 13.9 Å². The molecule has 1 fully saturated rings. The lowest BCUT2D eigenvalue weighted by molar-refractivity contribution is -0.117. The van der Waals surface area contributed by atoms with E-state index in [0.29, 0.717) is 6.61 Å². The second-order valence-electron chi connectivity index (χ2n) is 4.69. The Balaban J connectivity index is 0.00000200. The summed E-state index contributed by atoms with van der Waals surface area (Å²) in [4.78, 5) is 12.0. The number of ether oxygens (including phenoxy) is 1. The van der Waals surface area contributed by atoms with E-state index in [1.165, 1.54) is 0 Å². The van der Waals surface area contributed by atoms with E-state index < -0.39 is 12.2 Å². The summed E-state index contributed by atoms with van der Waals surface area (Å²) < 4.78 is 18.4. The maximum Gasteiger partial charge on any atom is 0.241 e. The van der Waals surface area contributed by atoms with E-state index >= 15 is 0 Å². The smallest absolute Gasteiger partial charge is 0.241 e. The molecule has 0 aromatic heterocycles. The number of nitrogens with one attached hydrogen (secondary N) is 2. The summed E-state index contributed by atoms with van der Waals surface area (Å²) in [5.41, 5.74) is 1.66. The van der Waals surface area contributed by atoms with Crippen LogP contribution in [0.15, 0.2) is 18.2 Å². The SMILES string of the molecule is CCOc1ccc(NC(=O)[C@H]2C[C@H](F)CN2)c(C)c1.Cl. The summed E-state index contributed by atoms with van der Waals surface area (Å²) in [7, 11) is 0. The summed E-state index contributed by atoms with van der Waals surface area (Å²) in [5, 5.41) is 5.68. The number of benzene rings is 1. The lowest BCUT2D eigenvalue weighted by Crippen LogP contribution is -2.35. The highest BCUT2D eigenvalue weighted by Crippen LogP contribution is 2.22. The molecule has 1 amide bonds. The zero-order chi connectivity index (χ0) is 13.8. The van der Waals surface area contributed by atoms with Gasteiger partial charge in [-0.05, 0) is 37.6 Å².